The van der Waals surface area contributed by atoms with E-state index < -0.39 is 0 Å². The third-order valence-electron chi connectivity index (χ3n) is 6.20. The molecule has 3 aromatic carbocycles. The van der Waals surface area contributed by atoms with Crippen LogP contribution in [0.1, 0.15) is 27.5 Å². The topological polar surface area (TPSA) is 73.6 Å². The summed E-state index contributed by atoms with van der Waals surface area (Å²) in [7, 11) is 1.86. The van der Waals surface area contributed by atoms with E-state index in [0.29, 0.717) is 17.8 Å². The normalized spacial score (nSPS) is 14.4. The first kappa shape index (κ1) is 22.8. The maximum atomic E-state index is 12.3. The van der Waals surface area contributed by atoms with Gasteiger partial charge in [0.25, 0.3) is 5.91 Å². The number of amides is 1. The van der Waals surface area contributed by atoms with Gasteiger partial charge in [0.15, 0.2) is 0 Å². The first-order chi connectivity index (χ1) is 16.2. The highest BCUT2D eigenvalue weighted by Gasteiger charge is 2.27. The number of carbonyl (C=O) groups excluding carboxylic acids is 1. The smallest absolute Gasteiger partial charge is 0.251 e. The molecule has 6 heteroatoms. The number of nitrogens with one attached hydrogen (secondary N) is 2. The molecular weight excluding hydrogens is 410 g/mol. The number of likely N-dealkylation sites (N-methyl/N-ethyl adjacent to an activating group) is 1. The molecule has 0 spiro atoms. The minimum atomic E-state index is -0.0955. The Bertz CT molecular complexity index is 993. The van der Waals surface area contributed by atoms with Gasteiger partial charge in [-0.2, -0.15) is 0 Å². The molecule has 6 nitrogen and oxygen atoms in total. The van der Waals surface area contributed by atoms with Gasteiger partial charge in [0.1, 0.15) is 0 Å². The highest BCUT2D eigenvalue weighted by atomic mass is 16.1. The number of carbonyl (C=O) groups is 1. The summed E-state index contributed by atoms with van der Waals surface area (Å²) in [6.07, 6.45) is 0. The van der Waals surface area contributed by atoms with Gasteiger partial charge in [-0.15, -0.1) is 0 Å². The number of hydrogen-bond donors (Lipinski definition) is 3. The Morgan fingerprint density at radius 2 is 1.48 bits per heavy atom. The lowest BCUT2D eigenvalue weighted by Crippen LogP contribution is -2.48. The van der Waals surface area contributed by atoms with Crippen molar-refractivity contribution in [2.24, 2.45) is 0 Å². The van der Waals surface area contributed by atoms with Crippen molar-refractivity contribution >= 4 is 17.3 Å². The Morgan fingerprint density at radius 1 is 0.879 bits per heavy atom. The lowest BCUT2D eigenvalue weighted by Gasteiger charge is -2.41. The van der Waals surface area contributed by atoms with E-state index in [1.165, 1.54) is 11.1 Å². The first-order valence-corrected chi connectivity index (χ1v) is 11.6. The van der Waals surface area contributed by atoms with E-state index in [1.807, 2.05) is 19.2 Å². The van der Waals surface area contributed by atoms with Gasteiger partial charge in [0, 0.05) is 44.8 Å². The fraction of sp³-hybridized carbons (Fsp3) is 0.296. The van der Waals surface area contributed by atoms with Gasteiger partial charge < -0.3 is 21.3 Å². The molecule has 0 unspecified atom stereocenters. The summed E-state index contributed by atoms with van der Waals surface area (Å²) >= 11 is 0. The number of nitrogen functional groups attached to an aromatic ring is 1. The largest absolute Gasteiger partial charge is 0.397 e. The van der Waals surface area contributed by atoms with Crippen molar-refractivity contribution < 1.29 is 4.79 Å². The van der Waals surface area contributed by atoms with Crippen LogP contribution in [0.15, 0.2) is 78.9 Å². The number of piperazine rings is 1. The molecule has 0 radical (unpaired) electrons. The van der Waals surface area contributed by atoms with Gasteiger partial charge in [0.2, 0.25) is 0 Å². The molecule has 0 bridgehead atoms. The van der Waals surface area contributed by atoms with Gasteiger partial charge in [-0.3, -0.25) is 9.69 Å². The van der Waals surface area contributed by atoms with Crippen molar-refractivity contribution in [1.82, 2.24) is 15.5 Å². The van der Waals surface area contributed by atoms with E-state index in [1.54, 1.807) is 6.07 Å². The van der Waals surface area contributed by atoms with Crippen LogP contribution in [0.2, 0.25) is 0 Å². The zero-order chi connectivity index (χ0) is 23.0. The van der Waals surface area contributed by atoms with Crippen LogP contribution in [0.3, 0.4) is 0 Å². The molecule has 1 fully saturated rings. The Balaban J connectivity index is 1.45. The Hall–Kier alpha value is -3.35. The number of nitrogens with zero attached hydrogens (tertiary/aromatic N) is 2. The van der Waals surface area contributed by atoms with Crippen molar-refractivity contribution in [3.8, 4) is 0 Å². The average Bonchev–Trinajstić information content (AvgIpc) is 2.86. The van der Waals surface area contributed by atoms with Gasteiger partial charge >= 0.3 is 0 Å². The van der Waals surface area contributed by atoms with Crippen molar-refractivity contribution in [1.29, 1.82) is 0 Å². The lowest BCUT2D eigenvalue weighted by molar-refractivity contribution is 0.0954. The summed E-state index contributed by atoms with van der Waals surface area (Å²) in [5.74, 6) is -0.0955. The molecule has 0 aliphatic carbocycles. The molecule has 0 atom stereocenters. The van der Waals surface area contributed by atoms with Gasteiger partial charge in [0.05, 0.1) is 17.4 Å². The van der Waals surface area contributed by atoms with E-state index in [4.69, 9.17) is 5.73 Å². The summed E-state index contributed by atoms with van der Waals surface area (Å²) in [6.45, 7) is 4.95. The fourth-order valence-corrected chi connectivity index (χ4v) is 4.49. The van der Waals surface area contributed by atoms with Crippen LogP contribution in [0.25, 0.3) is 0 Å². The zero-order valence-corrected chi connectivity index (χ0v) is 19.2. The Morgan fingerprint density at radius 3 is 2.03 bits per heavy atom. The minimum absolute atomic E-state index is 0.0955. The second-order valence-corrected chi connectivity index (χ2v) is 8.38. The monoisotopic (exact) mass is 443 g/mol. The second-order valence-electron chi connectivity index (χ2n) is 8.38. The van der Waals surface area contributed by atoms with Crippen LogP contribution in [0, 0.1) is 0 Å². The number of anilines is 2. The molecule has 1 saturated heterocycles. The molecule has 1 aliphatic rings. The first-order valence-electron chi connectivity index (χ1n) is 11.6. The van der Waals surface area contributed by atoms with Crippen molar-refractivity contribution in [3.63, 3.8) is 0 Å². The standard InChI is InChI=1S/C27H33N5O/c1-29-14-15-30-27(33)23-12-13-25(24(28)20-23)31-16-18-32(19-17-31)26(21-8-4-2-5-9-21)22-10-6-3-7-11-22/h2-13,20,26,29H,14-19,28H2,1H3,(H,30,33). The highest BCUT2D eigenvalue weighted by molar-refractivity contribution is 5.96. The Kier molecular flexibility index (Phi) is 7.60. The summed E-state index contributed by atoms with van der Waals surface area (Å²) in [5, 5.41) is 5.92. The van der Waals surface area contributed by atoms with E-state index in [9.17, 15) is 4.79 Å². The van der Waals surface area contributed by atoms with Crippen LogP contribution in [-0.2, 0) is 0 Å². The highest BCUT2D eigenvalue weighted by Crippen LogP contribution is 2.31. The summed E-state index contributed by atoms with van der Waals surface area (Å²) in [5.41, 5.74) is 11.2. The number of nitrogens with two attached hydrogens (primary N) is 1. The number of rotatable bonds is 8. The zero-order valence-electron chi connectivity index (χ0n) is 19.2. The third kappa shape index (κ3) is 5.53. The van der Waals surface area contributed by atoms with E-state index in [2.05, 4.69) is 81.1 Å². The molecule has 1 aliphatic heterocycles. The van der Waals surface area contributed by atoms with Crippen molar-refractivity contribution in [2.75, 3.05) is 56.9 Å². The molecule has 33 heavy (non-hydrogen) atoms. The maximum Gasteiger partial charge on any atom is 0.251 e. The predicted octanol–water partition coefficient (Wildman–Crippen LogP) is 3.13. The maximum absolute atomic E-state index is 12.3. The lowest BCUT2D eigenvalue weighted by atomic mass is 9.96. The molecule has 0 saturated carbocycles. The van der Waals surface area contributed by atoms with Crippen LogP contribution >= 0.6 is 0 Å². The minimum Gasteiger partial charge on any atom is -0.397 e. The Labute approximate surface area is 196 Å². The quantitative estimate of drug-likeness (QED) is 0.369. The van der Waals surface area contributed by atoms with Crippen molar-refractivity contribution in [2.45, 2.75) is 6.04 Å². The van der Waals surface area contributed by atoms with Crippen LogP contribution in [0.4, 0.5) is 11.4 Å². The van der Waals surface area contributed by atoms with Gasteiger partial charge in [-0.25, -0.2) is 0 Å². The van der Waals surface area contributed by atoms with E-state index in [-0.39, 0.29) is 11.9 Å². The van der Waals surface area contributed by atoms with E-state index >= 15 is 0 Å². The number of hydrogen-bond acceptors (Lipinski definition) is 5. The molecule has 1 amide bonds. The number of benzene rings is 3. The van der Waals surface area contributed by atoms with Crippen molar-refractivity contribution in [3.05, 3.63) is 95.6 Å². The van der Waals surface area contributed by atoms with Crippen LogP contribution in [0.5, 0.6) is 0 Å². The average molecular weight is 444 g/mol. The molecule has 172 valence electrons. The van der Waals surface area contributed by atoms with Crippen LogP contribution in [-0.4, -0.2) is 57.1 Å². The summed E-state index contributed by atoms with van der Waals surface area (Å²) in [4.78, 5) is 17.2. The summed E-state index contributed by atoms with van der Waals surface area (Å²) < 4.78 is 0. The van der Waals surface area contributed by atoms with Gasteiger partial charge in [-0.1, -0.05) is 60.7 Å². The fourth-order valence-electron chi connectivity index (χ4n) is 4.49. The van der Waals surface area contributed by atoms with Crippen LogP contribution < -0.4 is 21.3 Å². The summed E-state index contributed by atoms with van der Waals surface area (Å²) in [6, 6.07) is 27.3. The molecule has 3 aromatic rings. The SMILES string of the molecule is CNCCNC(=O)c1ccc(N2CCN(C(c3ccccc3)c3ccccc3)CC2)c(N)c1. The molecular formula is C27H33N5O. The molecule has 4 N–H and O–H groups in total. The predicted molar refractivity (Wildman–Crippen MR) is 136 cm³/mol. The molecule has 1 heterocycles. The van der Waals surface area contributed by atoms with E-state index in [0.717, 1.165) is 38.4 Å². The van der Waals surface area contributed by atoms with Gasteiger partial charge in [-0.05, 0) is 36.4 Å². The second kappa shape index (κ2) is 11.0. The molecule has 4 rings (SSSR count). The molecule has 0 aromatic heterocycles. The third-order valence-corrected chi connectivity index (χ3v) is 6.20.